The fraction of sp³-hybridized carbons (Fsp3) is 0.250. The normalized spacial score (nSPS) is 10.6. The predicted molar refractivity (Wildman–Crippen MR) is 60.2 cm³/mol. The lowest BCUT2D eigenvalue weighted by molar-refractivity contribution is -0.131. The first-order chi connectivity index (χ1) is 7.74. The number of carboxylic acids is 1. The van der Waals surface area contributed by atoms with Crippen molar-refractivity contribution in [2.24, 2.45) is 0 Å². The molecule has 1 rings (SSSR count). The number of rotatable bonds is 6. The molecule has 0 saturated heterocycles. The topological polar surface area (TPSA) is 55.8 Å². The van der Waals surface area contributed by atoms with Gasteiger partial charge in [-0.1, -0.05) is 18.2 Å². The first kappa shape index (κ1) is 12.3. The third-order valence-corrected chi connectivity index (χ3v) is 1.83. The number of carboxylic acid groups (broad SMARTS) is 1. The third kappa shape index (κ3) is 4.14. The van der Waals surface area contributed by atoms with Crippen LogP contribution in [0, 0.1) is 0 Å². The number of hydrogen-bond donors (Lipinski definition) is 1. The molecule has 0 bridgehead atoms. The van der Waals surface area contributed by atoms with Gasteiger partial charge in [0.2, 0.25) is 0 Å². The Morgan fingerprint density at radius 2 is 2.19 bits per heavy atom. The Balaban J connectivity index is 2.71. The van der Waals surface area contributed by atoms with Crippen LogP contribution in [0.1, 0.15) is 12.5 Å². The predicted octanol–water partition coefficient (Wildman–Crippen LogP) is 2.16. The SMILES string of the molecule is CCOCOc1ccccc1C=CC(=O)O. The van der Waals surface area contributed by atoms with E-state index in [4.69, 9.17) is 14.6 Å². The first-order valence-corrected chi connectivity index (χ1v) is 4.94. The smallest absolute Gasteiger partial charge is 0.328 e. The van der Waals surface area contributed by atoms with Crippen LogP contribution in [0.25, 0.3) is 6.08 Å². The summed E-state index contributed by atoms with van der Waals surface area (Å²) in [7, 11) is 0. The highest BCUT2D eigenvalue weighted by Gasteiger charge is 1.99. The van der Waals surface area contributed by atoms with Crippen molar-refractivity contribution < 1.29 is 19.4 Å². The molecule has 16 heavy (non-hydrogen) atoms. The van der Waals surface area contributed by atoms with Gasteiger partial charge in [-0.05, 0) is 19.1 Å². The second-order valence-electron chi connectivity index (χ2n) is 2.96. The van der Waals surface area contributed by atoms with Crippen molar-refractivity contribution in [1.82, 2.24) is 0 Å². The van der Waals surface area contributed by atoms with Crippen LogP contribution in [0.3, 0.4) is 0 Å². The molecule has 1 aromatic rings. The van der Waals surface area contributed by atoms with Gasteiger partial charge in [-0.2, -0.15) is 0 Å². The van der Waals surface area contributed by atoms with E-state index in [1.165, 1.54) is 6.08 Å². The van der Waals surface area contributed by atoms with Crippen LogP contribution in [-0.2, 0) is 9.53 Å². The molecule has 0 aliphatic carbocycles. The number of carbonyl (C=O) groups is 1. The van der Waals surface area contributed by atoms with E-state index in [1.807, 2.05) is 19.1 Å². The summed E-state index contributed by atoms with van der Waals surface area (Å²) in [6.07, 6.45) is 2.56. The highest BCUT2D eigenvalue weighted by atomic mass is 16.7. The Morgan fingerprint density at radius 3 is 2.88 bits per heavy atom. The van der Waals surface area contributed by atoms with E-state index in [2.05, 4.69) is 0 Å². The lowest BCUT2D eigenvalue weighted by Gasteiger charge is -2.08. The van der Waals surface area contributed by atoms with E-state index < -0.39 is 5.97 Å². The van der Waals surface area contributed by atoms with Crippen LogP contribution in [0.2, 0.25) is 0 Å². The lowest BCUT2D eigenvalue weighted by atomic mass is 10.2. The maximum atomic E-state index is 10.4. The molecule has 0 aromatic heterocycles. The molecule has 4 nitrogen and oxygen atoms in total. The minimum absolute atomic E-state index is 0.161. The van der Waals surface area contributed by atoms with E-state index in [0.29, 0.717) is 17.9 Å². The van der Waals surface area contributed by atoms with Crippen molar-refractivity contribution in [1.29, 1.82) is 0 Å². The highest BCUT2D eigenvalue weighted by Crippen LogP contribution is 2.19. The molecule has 0 atom stereocenters. The maximum absolute atomic E-state index is 10.4. The van der Waals surface area contributed by atoms with E-state index >= 15 is 0 Å². The van der Waals surface area contributed by atoms with E-state index in [-0.39, 0.29) is 6.79 Å². The van der Waals surface area contributed by atoms with E-state index in [0.717, 1.165) is 6.08 Å². The zero-order valence-electron chi connectivity index (χ0n) is 9.05. The summed E-state index contributed by atoms with van der Waals surface area (Å²) in [5.41, 5.74) is 0.713. The molecule has 0 heterocycles. The molecule has 0 aliphatic heterocycles. The zero-order chi connectivity index (χ0) is 11.8. The monoisotopic (exact) mass is 222 g/mol. The molecule has 86 valence electrons. The zero-order valence-corrected chi connectivity index (χ0v) is 9.05. The molecule has 0 fully saturated rings. The fourth-order valence-corrected chi connectivity index (χ4v) is 1.10. The Labute approximate surface area is 94.1 Å². The molecule has 1 N–H and O–H groups in total. The Bertz CT molecular complexity index is 371. The molecular weight excluding hydrogens is 208 g/mol. The quantitative estimate of drug-likeness (QED) is 0.455. The number of hydrogen-bond acceptors (Lipinski definition) is 3. The van der Waals surface area contributed by atoms with Gasteiger partial charge in [0.25, 0.3) is 0 Å². The average Bonchev–Trinajstić information content (AvgIpc) is 2.28. The molecule has 0 radical (unpaired) electrons. The maximum Gasteiger partial charge on any atom is 0.328 e. The van der Waals surface area contributed by atoms with E-state index in [9.17, 15) is 4.79 Å². The van der Waals surface area contributed by atoms with Crippen LogP contribution in [-0.4, -0.2) is 24.5 Å². The molecule has 0 unspecified atom stereocenters. The molecule has 0 spiro atoms. The first-order valence-electron chi connectivity index (χ1n) is 4.94. The summed E-state index contributed by atoms with van der Waals surface area (Å²) >= 11 is 0. The molecule has 4 heteroatoms. The largest absolute Gasteiger partial charge is 0.478 e. The summed E-state index contributed by atoms with van der Waals surface area (Å²) in [6.45, 7) is 2.61. The van der Waals surface area contributed by atoms with Crippen molar-refractivity contribution >= 4 is 12.0 Å². The number of benzene rings is 1. The van der Waals surface area contributed by atoms with Gasteiger partial charge >= 0.3 is 5.97 Å². The van der Waals surface area contributed by atoms with E-state index in [1.54, 1.807) is 12.1 Å². The second kappa shape index (κ2) is 6.63. The molecular formula is C12H14O4. The summed E-state index contributed by atoms with van der Waals surface area (Å²) in [4.78, 5) is 10.4. The third-order valence-electron chi connectivity index (χ3n) is 1.83. The van der Waals surface area contributed by atoms with Crippen LogP contribution in [0.4, 0.5) is 0 Å². The molecule has 1 aromatic carbocycles. The van der Waals surface area contributed by atoms with Crippen molar-refractivity contribution in [3.8, 4) is 5.75 Å². The number of ether oxygens (including phenoxy) is 2. The number of para-hydroxylation sites is 1. The van der Waals surface area contributed by atoms with Crippen LogP contribution in [0.15, 0.2) is 30.3 Å². The number of aliphatic carboxylic acids is 1. The molecule has 0 amide bonds. The average molecular weight is 222 g/mol. The van der Waals surface area contributed by atoms with Crippen LogP contribution < -0.4 is 4.74 Å². The van der Waals surface area contributed by atoms with Gasteiger partial charge < -0.3 is 14.6 Å². The van der Waals surface area contributed by atoms with Crippen molar-refractivity contribution in [2.45, 2.75) is 6.92 Å². The van der Waals surface area contributed by atoms with Crippen LogP contribution >= 0.6 is 0 Å². The minimum atomic E-state index is -0.986. The lowest BCUT2D eigenvalue weighted by Crippen LogP contribution is -2.03. The van der Waals surface area contributed by atoms with Gasteiger partial charge in [-0.25, -0.2) is 4.79 Å². The highest BCUT2D eigenvalue weighted by molar-refractivity contribution is 5.85. The Kier molecular flexibility index (Phi) is 5.08. The minimum Gasteiger partial charge on any atom is -0.478 e. The van der Waals surface area contributed by atoms with Crippen molar-refractivity contribution in [2.75, 3.05) is 13.4 Å². The summed E-state index contributed by atoms with van der Waals surface area (Å²) < 4.78 is 10.4. The van der Waals surface area contributed by atoms with Gasteiger partial charge in [-0.15, -0.1) is 0 Å². The van der Waals surface area contributed by atoms with Crippen molar-refractivity contribution in [3.05, 3.63) is 35.9 Å². The fourth-order valence-electron chi connectivity index (χ4n) is 1.10. The summed E-state index contributed by atoms with van der Waals surface area (Å²) in [6, 6.07) is 7.18. The van der Waals surface area contributed by atoms with Gasteiger partial charge in [0.15, 0.2) is 6.79 Å². The summed E-state index contributed by atoms with van der Waals surface area (Å²) in [5.74, 6) is -0.381. The van der Waals surface area contributed by atoms with Crippen molar-refractivity contribution in [3.63, 3.8) is 0 Å². The Morgan fingerprint density at radius 1 is 1.44 bits per heavy atom. The molecule has 0 aliphatic rings. The van der Waals surface area contributed by atoms with Crippen LogP contribution in [0.5, 0.6) is 5.75 Å². The van der Waals surface area contributed by atoms with Gasteiger partial charge in [0, 0.05) is 18.2 Å². The van der Waals surface area contributed by atoms with Gasteiger partial charge in [0.1, 0.15) is 5.75 Å². The van der Waals surface area contributed by atoms with Gasteiger partial charge in [0.05, 0.1) is 0 Å². The molecule has 0 saturated carbocycles. The standard InChI is InChI=1S/C12H14O4/c1-2-15-9-16-11-6-4-3-5-10(11)7-8-12(13)14/h3-8H,2,9H2,1H3,(H,13,14). The van der Waals surface area contributed by atoms with Gasteiger partial charge in [-0.3, -0.25) is 0 Å². The summed E-state index contributed by atoms with van der Waals surface area (Å²) in [5, 5.41) is 8.53. The Hall–Kier alpha value is -1.81. The second-order valence-corrected chi connectivity index (χ2v) is 2.96.